The van der Waals surface area contributed by atoms with Crippen LogP contribution in [0.3, 0.4) is 0 Å². The van der Waals surface area contributed by atoms with Crippen LogP contribution in [0.15, 0.2) is 12.0 Å². The van der Waals surface area contributed by atoms with E-state index in [-0.39, 0.29) is 12.4 Å². The van der Waals surface area contributed by atoms with Crippen molar-refractivity contribution in [2.45, 2.75) is 103 Å². The Morgan fingerprint density at radius 1 is 0.792 bits per heavy atom. The summed E-state index contributed by atoms with van der Waals surface area (Å²) in [6.45, 7) is 0.283. The molecular weight excluding hydrogens is 300 g/mol. The van der Waals surface area contributed by atoms with Crippen molar-refractivity contribution in [3.05, 3.63) is 12.0 Å². The summed E-state index contributed by atoms with van der Waals surface area (Å²) in [4.78, 5) is 0. The summed E-state index contributed by atoms with van der Waals surface area (Å²) in [5.74, 6) is 0.958. The van der Waals surface area contributed by atoms with Gasteiger partial charge in [0.15, 0.2) is 5.76 Å². The van der Waals surface area contributed by atoms with Crippen molar-refractivity contribution >= 4 is 0 Å². The van der Waals surface area contributed by atoms with Crippen molar-refractivity contribution in [3.8, 4) is 0 Å². The van der Waals surface area contributed by atoms with Gasteiger partial charge in [-0.15, -0.1) is 0 Å². The molecule has 0 saturated heterocycles. The SMILES string of the molecule is OCC(O)=COCCCCCCCCCCCCC1CCCCC1. The normalized spacial score (nSPS) is 16.5. The minimum absolute atomic E-state index is 0.103. The Labute approximate surface area is 149 Å². The van der Waals surface area contributed by atoms with E-state index in [0.29, 0.717) is 6.61 Å². The molecule has 0 heterocycles. The first-order chi connectivity index (χ1) is 11.8. The van der Waals surface area contributed by atoms with Crippen molar-refractivity contribution in [1.82, 2.24) is 0 Å². The largest absolute Gasteiger partial charge is 0.507 e. The van der Waals surface area contributed by atoms with E-state index >= 15 is 0 Å². The van der Waals surface area contributed by atoms with Crippen molar-refractivity contribution < 1.29 is 14.9 Å². The molecule has 0 aliphatic heterocycles. The smallest absolute Gasteiger partial charge is 0.152 e. The van der Waals surface area contributed by atoms with E-state index in [0.717, 1.165) is 12.3 Å². The summed E-state index contributed by atoms with van der Waals surface area (Å²) in [7, 11) is 0. The Morgan fingerprint density at radius 2 is 1.33 bits per heavy atom. The van der Waals surface area contributed by atoms with Gasteiger partial charge in [0.05, 0.1) is 6.61 Å². The van der Waals surface area contributed by atoms with E-state index < -0.39 is 0 Å². The molecule has 0 radical (unpaired) electrons. The molecule has 3 heteroatoms. The molecule has 0 spiro atoms. The predicted molar refractivity (Wildman–Crippen MR) is 101 cm³/mol. The van der Waals surface area contributed by atoms with Crippen LogP contribution in [-0.4, -0.2) is 23.4 Å². The number of hydrogen-bond acceptors (Lipinski definition) is 3. The molecule has 1 fully saturated rings. The Kier molecular flexibility index (Phi) is 14.1. The van der Waals surface area contributed by atoms with E-state index in [4.69, 9.17) is 14.9 Å². The number of rotatable bonds is 15. The van der Waals surface area contributed by atoms with Gasteiger partial charge in [0, 0.05) is 0 Å². The van der Waals surface area contributed by atoms with Crippen molar-refractivity contribution in [3.63, 3.8) is 0 Å². The van der Waals surface area contributed by atoms with Crippen LogP contribution in [0.2, 0.25) is 0 Å². The minimum Gasteiger partial charge on any atom is -0.507 e. The molecule has 2 N–H and O–H groups in total. The molecule has 0 aromatic heterocycles. The molecule has 0 atom stereocenters. The Morgan fingerprint density at radius 3 is 1.92 bits per heavy atom. The first-order valence-electron chi connectivity index (χ1n) is 10.4. The van der Waals surface area contributed by atoms with Crippen LogP contribution in [0.1, 0.15) is 103 Å². The summed E-state index contributed by atoms with van der Waals surface area (Å²) < 4.78 is 5.14. The lowest BCUT2D eigenvalue weighted by molar-refractivity contribution is 0.195. The molecule has 0 aromatic rings. The zero-order valence-electron chi connectivity index (χ0n) is 15.7. The molecule has 1 aliphatic rings. The van der Waals surface area contributed by atoms with E-state index in [2.05, 4.69) is 0 Å². The van der Waals surface area contributed by atoms with Gasteiger partial charge >= 0.3 is 0 Å². The highest BCUT2D eigenvalue weighted by molar-refractivity contribution is 4.82. The van der Waals surface area contributed by atoms with E-state index in [1.54, 1.807) is 0 Å². The van der Waals surface area contributed by atoms with Gasteiger partial charge in [-0.05, 0) is 12.3 Å². The third-order valence-corrected chi connectivity index (χ3v) is 5.23. The van der Waals surface area contributed by atoms with E-state index in [9.17, 15) is 0 Å². The third kappa shape index (κ3) is 12.7. The van der Waals surface area contributed by atoms with Gasteiger partial charge in [-0.25, -0.2) is 0 Å². The lowest BCUT2D eigenvalue weighted by Crippen LogP contribution is -2.05. The summed E-state index contributed by atoms with van der Waals surface area (Å²) in [5.41, 5.74) is 0. The Bertz CT molecular complexity index is 295. The van der Waals surface area contributed by atoms with E-state index in [1.807, 2.05) is 0 Å². The van der Waals surface area contributed by atoms with Gasteiger partial charge in [-0.3, -0.25) is 0 Å². The van der Waals surface area contributed by atoms with E-state index in [1.165, 1.54) is 103 Å². The fraction of sp³-hybridized carbons (Fsp3) is 0.905. The second-order valence-electron chi connectivity index (χ2n) is 7.47. The minimum atomic E-state index is -0.347. The van der Waals surface area contributed by atoms with Crippen molar-refractivity contribution in [2.24, 2.45) is 5.92 Å². The lowest BCUT2D eigenvalue weighted by Gasteiger charge is -2.21. The van der Waals surface area contributed by atoms with Crippen LogP contribution in [0.5, 0.6) is 0 Å². The average molecular weight is 341 g/mol. The second kappa shape index (κ2) is 15.8. The quantitative estimate of drug-likeness (QED) is 0.273. The number of unbranched alkanes of at least 4 members (excludes halogenated alkanes) is 9. The fourth-order valence-electron chi connectivity index (χ4n) is 3.70. The topological polar surface area (TPSA) is 49.7 Å². The van der Waals surface area contributed by atoms with Gasteiger partial charge in [0.2, 0.25) is 0 Å². The Hall–Kier alpha value is -0.700. The van der Waals surface area contributed by atoms with Gasteiger partial charge in [-0.1, -0.05) is 96.3 Å². The molecule has 0 amide bonds. The monoisotopic (exact) mass is 340 g/mol. The van der Waals surface area contributed by atoms with Gasteiger partial charge in [-0.2, -0.15) is 0 Å². The van der Waals surface area contributed by atoms with Crippen LogP contribution in [0.25, 0.3) is 0 Å². The maximum atomic E-state index is 8.99. The predicted octanol–water partition coefficient (Wildman–Crippen LogP) is 6.27. The summed E-state index contributed by atoms with van der Waals surface area (Å²) >= 11 is 0. The molecule has 24 heavy (non-hydrogen) atoms. The molecule has 0 bridgehead atoms. The summed E-state index contributed by atoms with van der Waals surface area (Å²) in [5, 5.41) is 17.6. The first kappa shape index (κ1) is 21.3. The highest BCUT2D eigenvalue weighted by Crippen LogP contribution is 2.28. The molecule has 1 rings (SSSR count). The molecule has 3 nitrogen and oxygen atoms in total. The van der Waals surface area contributed by atoms with Crippen LogP contribution < -0.4 is 0 Å². The molecule has 1 saturated carbocycles. The maximum Gasteiger partial charge on any atom is 0.152 e. The number of aliphatic hydroxyl groups is 2. The van der Waals surface area contributed by atoms with Crippen LogP contribution in [-0.2, 0) is 4.74 Å². The third-order valence-electron chi connectivity index (χ3n) is 5.23. The van der Waals surface area contributed by atoms with Crippen molar-refractivity contribution in [2.75, 3.05) is 13.2 Å². The zero-order valence-corrected chi connectivity index (χ0v) is 15.7. The number of aliphatic hydroxyl groups excluding tert-OH is 2. The number of hydrogen-bond donors (Lipinski definition) is 2. The van der Waals surface area contributed by atoms with Gasteiger partial charge in [0.25, 0.3) is 0 Å². The molecule has 1 aliphatic carbocycles. The summed E-state index contributed by atoms with van der Waals surface area (Å²) in [6.07, 6.45) is 23.5. The standard InChI is InChI=1S/C21H40O3/c22-18-21(23)19-24-17-13-8-6-4-2-1-3-5-7-10-14-20-15-11-9-12-16-20/h19-20,22-23H,1-18H2. The zero-order chi connectivity index (χ0) is 17.3. The van der Waals surface area contributed by atoms with Gasteiger partial charge < -0.3 is 14.9 Å². The van der Waals surface area contributed by atoms with Crippen LogP contribution in [0, 0.1) is 5.92 Å². The molecule has 0 aromatic carbocycles. The Balaban J connectivity index is 1.71. The average Bonchev–Trinajstić information content (AvgIpc) is 2.62. The maximum absolute atomic E-state index is 8.99. The molecular formula is C21H40O3. The highest BCUT2D eigenvalue weighted by atomic mass is 16.5. The van der Waals surface area contributed by atoms with Crippen LogP contribution in [0.4, 0.5) is 0 Å². The van der Waals surface area contributed by atoms with Crippen molar-refractivity contribution in [1.29, 1.82) is 0 Å². The molecule has 0 unspecified atom stereocenters. The second-order valence-corrected chi connectivity index (χ2v) is 7.47. The van der Waals surface area contributed by atoms with Gasteiger partial charge in [0.1, 0.15) is 12.9 Å². The first-order valence-corrected chi connectivity index (χ1v) is 10.4. The highest BCUT2D eigenvalue weighted by Gasteiger charge is 2.12. The summed E-state index contributed by atoms with van der Waals surface area (Å²) in [6, 6.07) is 0. The fourth-order valence-corrected chi connectivity index (χ4v) is 3.70. The number of ether oxygens (including phenoxy) is 1. The van der Waals surface area contributed by atoms with Crippen LogP contribution >= 0.6 is 0 Å². The molecule has 142 valence electrons. The lowest BCUT2D eigenvalue weighted by atomic mass is 9.85.